The fraction of sp³-hybridized carbons (Fsp3) is 0.625. The summed E-state index contributed by atoms with van der Waals surface area (Å²) < 4.78 is 0. The third-order valence-electron chi connectivity index (χ3n) is 9.45. The molecule has 0 bridgehead atoms. The molecule has 0 aliphatic heterocycles. The lowest BCUT2D eigenvalue weighted by Crippen LogP contribution is -2.32. The van der Waals surface area contributed by atoms with Crippen LogP contribution in [0.3, 0.4) is 0 Å². The summed E-state index contributed by atoms with van der Waals surface area (Å²) in [6.45, 7) is 2.74. The van der Waals surface area contributed by atoms with Gasteiger partial charge in [-0.05, 0) is 78.5 Å². The Balaban J connectivity index is 1.45. The van der Waals surface area contributed by atoms with Crippen LogP contribution >= 0.6 is 7.92 Å². The van der Waals surface area contributed by atoms with Crippen molar-refractivity contribution < 1.29 is 0 Å². The average Bonchev–Trinajstić information content (AvgIpc) is 3.36. The van der Waals surface area contributed by atoms with Crippen LogP contribution in [0, 0.1) is 11.8 Å². The van der Waals surface area contributed by atoms with Gasteiger partial charge in [-0.15, -0.1) is 0 Å². The third kappa shape index (κ3) is 5.42. The predicted octanol–water partition coefficient (Wildman–Crippen LogP) is 9.77. The fourth-order valence-corrected chi connectivity index (χ4v) is 12.6. The summed E-state index contributed by atoms with van der Waals surface area (Å²) in [5.41, 5.74) is 6.17. The van der Waals surface area contributed by atoms with E-state index in [2.05, 4.69) is 67.6 Å². The highest BCUT2D eigenvalue weighted by Crippen LogP contribution is 2.63. The van der Waals surface area contributed by atoms with Gasteiger partial charge in [-0.1, -0.05) is 120 Å². The van der Waals surface area contributed by atoms with E-state index in [1.807, 2.05) is 0 Å². The monoisotopic (exact) mass is 460 g/mol. The van der Waals surface area contributed by atoms with Crippen molar-refractivity contribution in [3.05, 3.63) is 71.8 Å². The Bertz CT molecular complexity index is 761. The normalized spacial score (nSPS) is 26.2. The second kappa shape index (κ2) is 11.5. The summed E-state index contributed by atoms with van der Waals surface area (Å²) in [5.74, 6) is 2.28. The molecule has 3 atom stereocenters. The second-order valence-corrected chi connectivity index (χ2v) is 14.5. The first-order valence-electron chi connectivity index (χ1n) is 14.2. The molecule has 2 aromatic carbocycles. The lowest BCUT2D eigenvalue weighted by molar-refractivity contribution is 0.342. The molecule has 3 saturated carbocycles. The van der Waals surface area contributed by atoms with Crippen molar-refractivity contribution in [3.63, 3.8) is 0 Å². The molecule has 2 unspecified atom stereocenters. The van der Waals surface area contributed by atoms with E-state index in [1.165, 1.54) is 57.8 Å². The Morgan fingerprint density at radius 2 is 1.00 bits per heavy atom. The van der Waals surface area contributed by atoms with Crippen LogP contribution in [0.5, 0.6) is 0 Å². The van der Waals surface area contributed by atoms with E-state index in [4.69, 9.17) is 0 Å². The summed E-state index contributed by atoms with van der Waals surface area (Å²) in [7, 11) is 0.142. The van der Waals surface area contributed by atoms with Gasteiger partial charge in [0.05, 0.1) is 0 Å². The second-order valence-electron chi connectivity index (χ2n) is 11.3. The fourth-order valence-electron chi connectivity index (χ4n) is 7.98. The van der Waals surface area contributed by atoms with Gasteiger partial charge in [-0.2, -0.15) is 0 Å². The largest absolute Gasteiger partial charge is 0.0971 e. The summed E-state index contributed by atoms with van der Waals surface area (Å²) >= 11 is 0. The third-order valence-corrected chi connectivity index (χ3v) is 13.5. The number of hydrogen-bond donors (Lipinski definition) is 0. The molecule has 0 spiro atoms. The summed E-state index contributed by atoms with van der Waals surface area (Å²) in [4.78, 5) is 0. The van der Waals surface area contributed by atoms with Gasteiger partial charge < -0.3 is 0 Å². The van der Waals surface area contributed by atoms with E-state index in [9.17, 15) is 0 Å². The van der Waals surface area contributed by atoms with Gasteiger partial charge in [0, 0.05) is 5.92 Å². The lowest BCUT2D eigenvalue weighted by atomic mass is 9.75. The minimum Gasteiger partial charge on any atom is -0.0971 e. The van der Waals surface area contributed by atoms with Crippen LogP contribution in [0.4, 0.5) is 0 Å². The summed E-state index contributed by atoms with van der Waals surface area (Å²) in [6.07, 6.45) is 19.5. The first-order valence-corrected chi connectivity index (χ1v) is 15.7. The van der Waals surface area contributed by atoms with Crippen molar-refractivity contribution in [2.24, 2.45) is 11.8 Å². The van der Waals surface area contributed by atoms with Crippen molar-refractivity contribution in [1.29, 1.82) is 0 Å². The Morgan fingerprint density at radius 3 is 1.48 bits per heavy atom. The van der Waals surface area contributed by atoms with Crippen LogP contribution in [0.2, 0.25) is 0 Å². The van der Waals surface area contributed by atoms with Crippen molar-refractivity contribution in [2.75, 3.05) is 0 Å². The molecule has 0 aromatic heterocycles. The molecule has 33 heavy (non-hydrogen) atoms. The standard InChI is InChI=1S/C32H45P/c1-25(33(28-19-10-4-11-20-28)29-21-12-5-13-22-29)30-23-14-24-31(30)32(26-15-6-2-7-16-26)27-17-8-3-9-18-27/h2-3,6-9,15-18,25,28-32H,4-5,10-14,19-24H2,1H3/t25-,30?,31?/m1/s1. The molecule has 3 fully saturated rings. The molecule has 1 heteroatoms. The molecule has 178 valence electrons. The molecule has 0 amide bonds. The molecule has 0 saturated heterocycles. The van der Waals surface area contributed by atoms with Crippen LogP contribution in [0.25, 0.3) is 0 Å². The van der Waals surface area contributed by atoms with Crippen LogP contribution < -0.4 is 0 Å². The topological polar surface area (TPSA) is 0 Å². The van der Waals surface area contributed by atoms with E-state index >= 15 is 0 Å². The van der Waals surface area contributed by atoms with Crippen LogP contribution in [0.15, 0.2) is 60.7 Å². The molecular formula is C32H45P. The molecule has 5 rings (SSSR count). The highest BCUT2D eigenvalue weighted by atomic mass is 31.1. The average molecular weight is 461 g/mol. The summed E-state index contributed by atoms with van der Waals surface area (Å²) in [6, 6.07) is 23.0. The molecule has 0 N–H and O–H groups in total. The van der Waals surface area contributed by atoms with E-state index in [1.54, 1.807) is 36.8 Å². The van der Waals surface area contributed by atoms with Gasteiger partial charge in [0.2, 0.25) is 0 Å². The SMILES string of the molecule is C[C@H](C1CCCC1C(c1ccccc1)c1ccccc1)P(C1CCCCC1)C1CCCCC1. The minimum atomic E-state index is 0.142. The van der Waals surface area contributed by atoms with Crippen LogP contribution in [-0.4, -0.2) is 17.0 Å². The Hall–Kier alpha value is -1.13. The number of hydrogen-bond acceptors (Lipinski definition) is 0. The molecule has 2 aromatic rings. The zero-order valence-corrected chi connectivity index (χ0v) is 21.8. The molecule has 3 aliphatic rings. The molecular weight excluding hydrogens is 415 g/mol. The zero-order chi connectivity index (χ0) is 22.5. The predicted molar refractivity (Wildman–Crippen MR) is 146 cm³/mol. The van der Waals surface area contributed by atoms with Gasteiger partial charge in [-0.3, -0.25) is 0 Å². The Morgan fingerprint density at radius 1 is 0.545 bits per heavy atom. The first-order chi connectivity index (χ1) is 16.3. The van der Waals surface area contributed by atoms with Crippen molar-refractivity contribution in [1.82, 2.24) is 0 Å². The van der Waals surface area contributed by atoms with Crippen molar-refractivity contribution >= 4 is 7.92 Å². The van der Waals surface area contributed by atoms with Gasteiger partial charge in [0.15, 0.2) is 0 Å². The van der Waals surface area contributed by atoms with Gasteiger partial charge >= 0.3 is 0 Å². The maximum atomic E-state index is 2.74. The van der Waals surface area contributed by atoms with E-state index in [0.717, 1.165) is 28.8 Å². The Kier molecular flexibility index (Phi) is 8.25. The number of rotatable bonds is 7. The maximum absolute atomic E-state index is 2.74. The minimum absolute atomic E-state index is 0.142. The molecule has 0 heterocycles. The molecule has 0 nitrogen and oxygen atoms in total. The van der Waals surface area contributed by atoms with Crippen LogP contribution in [0.1, 0.15) is 107 Å². The Labute approximate surface area is 204 Å². The van der Waals surface area contributed by atoms with Gasteiger partial charge in [-0.25, -0.2) is 0 Å². The quantitative estimate of drug-likeness (QED) is 0.361. The van der Waals surface area contributed by atoms with Gasteiger partial charge in [0.1, 0.15) is 0 Å². The maximum Gasteiger partial charge on any atom is 0.0120 e. The first kappa shape index (κ1) is 23.6. The molecule has 3 aliphatic carbocycles. The highest BCUT2D eigenvalue weighted by molar-refractivity contribution is 7.59. The van der Waals surface area contributed by atoms with Crippen molar-refractivity contribution in [2.45, 2.75) is 113 Å². The van der Waals surface area contributed by atoms with E-state index in [0.29, 0.717) is 5.92 Å². The van der Waals surface area contributed by atoms with Crippen LogP contribution in [-0.2, 0) is 0 Å². The zero-order valence-electron chi connectivity index (χ0n) is 20.9. The smallest absolute Gasteiger partial charge is 0.0120 e. The molecule has 0 radical (unpaired) electrons. The van der Waals surface area contributed by atoms with Crippen molar-refractivity contribution in [3.8, 4) is 0 Å². The summed E-state index contributed by atoms with van der Waals surface area (Å²) in [5, 5.41) is 0. The van der Waals surface area contributed by atoms with E-state index in [-0.39, 0.29) is 7.92 Å². The number of benzene rings is 2. The van der Waals surface area contributed by atoms with Gasteiger partial charge in [0.25, 0.3) is 0 Å². The highest BCUT2D eigenvalue weighted by Gasteiger charge is 2.44. The lowest BCUT2D eigenvalue weighted by Gasteiger charge is -2.46. The van der Waals surface area contributed by atoms with E-state index < -0.39 is 0 Å².